The second-order valence-corrected chi connectivity index (χ2v) is 7.79. The molecule has 2 aromatic heterocycles. The number of nitrogens with two attached hydrogens (primary N) is 1. The van der Waals surface area contributed by atoms with Gasteiger partial charge in [0.05, 0.1) is 16.9 Å². The van der Waals surface area contributed by atoms with Gasteiger partial charge >= 0.3 is 0 Å². The lowest BCUT2D eigenvalue weighted by Crippen LogP contribution is -2.27. The lowest BCUT2D eigenvalue weighted by Gasteiger charge is -2.19. The van der Waals surface area contributed by atoms with Crippen molar-refractivity contribution in [3.05, 3.63) is 56.4 Å². The van der Waals surface area contributed by atoms with Crippen molar-refractivity contribution in [1.29, 1.82) is 0 Å². The molecule has 3 aromatic rings. The van der Waals surface area contributed by atoms with Crippen LogP contribution in [0.3, 0.4) is 0 Å². The molecule has 146 valence electrons. The number of primary amides is 1. The van der Waals surface area contributed by atoms with Crippen LogP contribution in [0.1, 0.15) is 33.7 Å². The van der Waals surface area contributed by atoms with E-state index in [1.807, 2.05) is 19.9 Å². The average molecular weight is 465 g/mol. The van der Waals surface area contributed by atoms with Gasteiger partial charge in [-0.15, -0.1) is 0 Å². The lowest BCUT2D eigenvalue weighted by molar-refractivity contribution is -0.118. The fourth-order valence-corrected chi connectivity index (χ4v) is 3.93. The Kier molecular flexibility index (Phi) is 5.71. The molecule has 0 atom stereocenters. The molecule has 0 radical (unpaired) electrons. The van der Waals surface area contributed by atoms with Crippen molar-refractivity contribution in [2.24, 2.45) is 5.73 Å². The quantitative estimate of drug-likeness (QED) is 0.626. The molecule has 1 aromatic carbocycles. The smallest absolute Gasteiger partial charge is 0.254 e. The highest BCUT2D eigenvalue weighted by atomic mass is 79.9. The van der Waals surface area contributed by atoms with Crippen LogP contribution in [0.5, 0.6) is 0 Å². The van der Waals surface area contributed by atoms with Crippen molar-refractivity contribution >= 4 is 50.7 Å². The molecule has 0 spiro atoms. The molecule has 2 heterocycles. The van der Waals surface area contributed by atoms with Gasteiger partial charge in [0.15, 0.2) is 5.65 Å². The third-order valence-corrected chi connectivity index (χ3v) is 5.50. The van der Waals surface area contributed by atoms with Crippen LogP contribution in [-0.4, -0.2) is 33.5 Å². The van der Waals surface area contributed by atoms with Gasteiger partial charge < -0.3 is 10.6 Å². The van der Waals surface area contributed by atoms with Crippen LogP contribution in [0.25, 0.3) is 5.65 Å². The number of fused-ring (bicyclic) bond motifs is 1. The Morgan fingerprint density at radius 1 is 1.32 bits per heavy atom. The summed E-state index contributed by atoms with van der Waals surface area (Å²) in [5, 5.41) is 4.70. The zero-order valence-corrected chi connectivity index (χ0v) is 18.0. The summed E-state index contributed by atoms with van der Waals surface area (Å²) in [4.78, 5) is 30.2. The molecule has 0 saturated carbocycles. The minimum atomic E-state index is -0.572. The van der Waals surface area contributed by atoms with E-state index >= 15 is 0 Å². The second kappa shape index (κ2) is 7.89. The molecule has 0 fully saturated rings. The van der Waals surface area contributed by atoms with E-state index < -0.39 is 5.91 Å². The van der Waals surface area contributed by atoms with Gasteiger partial charge in [-0.3, -0.25) is 9.59 Å². The van der Waals surface area contributed by atoms with E-state index in [1.54, 1.807) is 28.6 Å². The summed E-state index contributed by atoms with van der Waals surface area (Å²) < 4.78 is 2.43. The van der Waals surface area contributed by atoms with Crippen LogP contribution in [0, 0.1) is 13.8 Å². The van der Waals surface area contributed by atoms with Crippen LogP contribution in [-0.2, 0) is 11.2 Å². The molecule has 0 aliphatic carbocycles. The second-order valence-electron chi connectivity index (χ2n) is 6.47. The van der Waals surface area contributed by atoms with Gasteiger partial charge in [0.2, 0.25) is 5.91 Å². The molecular weight excluding hydrogens is 446 g/mol. The van der Waals surface area contributed by atoms with Gasteiger partial charge in [0.25, 0.3) is 5.91 Å². The van der Waals surface area contributed by atoms with E-state index in [9.17, 15) is 9.59 Å². The number of benzene rings is 1. The van der Waals surface area contributed by atoms with Gasteiger partial charge in [-0.1, -0.05) is 27.5 Å². The predicted octanol–water partition coefficient (Wildman–Crippen LogP) is 3.46. The molecule has 0 aliphatic heterocycles. The molecule has 7 nitrogen and oxygen atoms in total. The van der Waals surface area contributed by atoms with E-state index in [4.69, 9.17) is 17.3 Å². The molecule has 2 amide bonds. The highest BCUT2D eigenvalue weighted by Gasteiger charge is 2.19. The van der Waals surface area contributed by atoms with Crippen molar-refractivity contribution < 1.29 is 9.59 Å². The Hall–Kier alpha value is -2.45. The standard InChI is InChI=1S/C19H19BrClN5O2/c1-10-13(11(2)26-19(24-10)14(9-23-26)18(22)28)5-7-17(27)25(3)16-6-4-12(20)8-15(16)21/h4,6,8-9H,5,7H2,1-3H3,(H2,22,28). The third kappa shape index (κ3) is 3.74. The number of anilines is 1. The van der Waals surface area contributed by atoms with Gasteiger partial charge in [-0.25, -0.2) is 9.50 Å². The zero-order chi connectivity index (χ0) is 20.6. The molecule has 28 heavy (non-hydrogen) atoms. The molecule has 9 heteroatoms. The number of aryl methyl sites for hydroxylation is 2. The first kappa shape index (κ1) is 20.3. The van der Waals surface area contributed by atoms with E-state index in [0.29, 0.717) is 22.8 Å². The summed E-state index contributed by atoms with van der Waals surface area (Å²) in [7, 11) is 1.70. The number of hydrogen-bond acceptors (Lipinski definition) is 4. The number of nitrogens with zero attached hydrogens (tertiary/aromatic N) is 4. The summed E-state index contributed by atoms with van der Waals surface area (Å²) in [5.41, 5.74) is 9.21. The number of carbonyl (C=O) groups is 2. The van der Waals surface area contributed by atoms with Crippen LogP contribution >= 0.6 is 27.5 Å². The number of halogens is 2. The molecular formula is C19H19BrClN5O2. The Bertz CT molecular complexity index is 1100. The van der Waals surface area contributed by atoms with E-state index in [1.165, 1.54) is 6.20 Å². The summed E-state index contributed by atoms with van der Waals surface area (Å²) in [6, 6.07) is 5.38. The summed E-state index contributed by atoms with van der Waals surface area (Å²) >= 11 is 9.60. The SMILES string of the molecule is Cc1nc2c(C(N)=O)cnn2c(C)c1CCC(=O)N(C)c1ccc(Br)cc1Cl. The van der Waals surface area contributed by atoms with Crippen LogP contribution in [0.2, 0.25) is 5.02 Å². The van der Waals surface area contributed by atoms with Crippen LogP contribution < -0.4 is 10.6 Å². The summed E-state index contributed by atoms with van der Waals surface area (Å²) in [6.45, 7) is 3.73. The van der Waals surface area contributed by atoms with Gasteiger partial charge in [0.1, 0.15) is 5.56 Å². The number of hydrogen-bond donors (Lipinski definition) is 1. The first-order valence-electron chi connectivity index (χ1n) is 8.56. The van der Waals surface area contributed by atoms with Crippen LogP contribution in [0.4, 0.5) is 5.69 Å². The monoisotopic (exact) mass is 463 g/mol. The Balaban J connectivity index is 1.83. The Labute approximate surface area is 175 Å². The van der Waals surface area contributed by atoms with Crippen molar-refractivity contribution in [3.63, 3.8) is 0 Å². The Morgan fingerprint density at radius 2 is 2.04 bits per heavy atom. The molecule has 0 bridgehead atoms. The minimum Gasteiger partial charge on any atom is -0.365 e. The predicted molar refractivity (Wildman–Crippen MR) is 112 cm³/mol. The highest BCUT2D eigenvalue weighted by molar-refractivity contribution is 9.10. The molecule has 0 aliphatic rings. The molecule has 0 saturated heterocycles. The maximum atomic E-state index is 12.7. The zero-order valence-electron chi connectivity index (χ0n) is 15.7. The van der Waals surface area contributed by atoms with E-state index in [-0.39, 0.29) is 17.9 Å². The molecule has 0 unspecified atom stereocenters. The van der Waals surface area contributed by atoms with Crippen molar-refractivity contribution in [3.8, 4) is 0 Å². The number of aromatic nitrogens is 3. The van der Waals surface area contributed by atoms with Crippen LogP contribution in [0.15, 0.2) is 28.9 Å². The minimum absolute atomic E-state index is 0.0681. The Morgan fingerprint density at radius 3 is 2.68 bits per heavy atom. The maximum absolute atomic E-state index is 12.7. The summed E-state index contributed by atoms with van der Waals surface area (Å²) in [6.07, 6.45) is 2.18. The largest absolute Gasteiger partial charge is 0.365 e. The van der Waals surface area contributed by atoms with Gasteiger partial charge in [-0.05, 0) is 44.0 Å². The van der Waals surface area contributed by atoms with Crippen molar-refractivity contribution in [2.45, 2.75) is 26.7 Å². The topological polar surface area (TPSA) is 93.6 Å². The van der Waals surface area contributed by atoms with Gasteiger partial charge in [0, 0.05) is 29.3 Å². The lowest BCUT2D eigenvalue weighted by atomic mass is 10.1. The molecule has 3 rings (SSSR count). The maximum Gasteiger partial charge on any atom is 0.254 e. The summed E-state index contributed by atoms with van der Waals surface area (Å²) in [5.74, 6) is -0.640. The number of carbonyl (C=O) groups excluding carboxylic acids is 2. The first-order chi connectivity index (χ1) is 13.2. The normalized spacial score (nSPS) is 11.0. The van der Waals surface area contributed by atoms with Gasteiger partial charge in [-0.2, -0.15) is 5.10 Å². The van der Waals surface area contributed by atoms with Crippen molar-refractivity contribution in [2.75, 3.05) is 11.9 Å². The highest BCUT2D eigenvalue weighted by Crippen LogP contribution is 2.29. The number of rotatable bonds is 5. The third-order valence-electron chi connectivity index (χ3n) is 4.71. The fourth-order valence-electron chi connectivity index (χ4n) is 3.13. The van der Waals surface area contributed by atoms with Crippen molar-refractivity contribution in [1.82, 2.24) is 14.6 Å². The number of amides is 2. The fraction of sp³-hybridized carbons (Fsp3) is 0.263. The average Bonchev–Trinajstić information content (AvgIpc) is 3.05. The molecule has 2 N–H and O–H groups in total. The van der Waals surface area contributed by atoms with E-state index in [0.717, 1.165) is 21.4 Å². The van der Waals surface area contributed by atoms with E-state index in [2.05, 4.69) is 26.0 Å². The first-order valence-corrected chi connectivity index (χ1v) is 9.73.